The van der Waals surface area contributed by atoms with Crippen LogP contribution >= 0.6 is 0 Å². The van der Waals surface area contributed by atoms with E-state index in [0.717, 1.165) is 13.1 Å². The Morgan fingerprint density at radius 3 is 2.35 bits per heavy atom. The summed E-state index contributed by atoms with van der Waals surface area (Å²) in [6.07, 6.45) is 0. The van der Waals surface area contributed by atoms with Crippen molar-refractivity contribution < 1.29 is 17.5 Å². The van der Waals surface area contributed by atoms with Crippen LogP contribution < -0.4 is 4.31 Å². The van der Waals surface area contributed by atoms with E-state index in [1.165, 1.54) is 16.4 Å². The van der Waals surface area contributed by atoms with Crippen molar-refractivity contribution in [3.05, 3.63) is 66.0 Å². The zero-order valence-electron chi connectivity index (χ0n) is 14.6. The predicted octanol–water partition coefficient (Wildman–Crippen LogP) is 2.49. The van der Waals surface area contributed by atoms with Crippen molar-refractivity contribution in [1.82, 2.24) is 4.90 Å². The molecule has 0 radical (unpaired) electrons. The van der Waals surface area contributed by atoms with Gasteiger partial charge in [0.2, 0.25) is 10.0 Å². The first-order chi connectivity index (χ1) is 12.6. The van der Waals surface area contributed by atoms with Crippen LogP contribution in [0.2, 0.25) is 0 Å². The summed E-state index contributed by atoms with van der Waals surface area (Å²) in [5, 5.41) is 0. The Kier molecular flexibility index (Phi) is 6.24. The van der Waals surface area contributed by atoms with Crippen LogP contribution in [0.3, 0.4) is 0 Å². The monoisotopic (exact) mass is 378 g/mol. The second-order valence-electron chi connectivity index (χ2n) is 6.21. The third kappa shape index (κ3) is 4.81. The second-order valence-corrected chi connectivity index (χ2v) is 8.10. The normalized spacial score (nSPS) is 15.7. The first-order valence-corrected chi connectivity index (χ1v) is 10.3. The van der Waals surface area contributed by atoms with Gasteiger partial charge in [0.1, 0.15) is 5.82 Å². The molecule has 2 aromatic rings. The van der Waals surface area contributed by atoms with Gasteiger partial charge in [-0.05, 0) is 18.2 Å². The van der Waals surface area contributed by atoms with Gasteiger partial charge in [-0.15, -0.1) is 0 Å². The first kappa shape index (κ1) is 18.8. The van der Waals surface area contributed by atoms with Crippen LogP contribution in [0.1, 0.15) is 5.56 Å². The fourth-order valence-corrected chi connectivity index (χ4v) is 4.56. The molecule has 0 aromatic heterocycles. The number of nitrogens with zero attached hydrogens (tertiary/aromatic N) is 2. The molecule has 0 amide bonds. The largest absolute Gasteiger partial charge is 0.379 e. The van der Waals surface area contributed by atoms with Gasteiger partial charge in [-0.3, -0.25) is 9.21 Å². The maximum Gasteiger partial charge on any atom is 0.239 e. The summed E-state index contributed by atoms with van der Waals surface area (Å²) in [7, 11) is -3.72. The summed E-state index contributed by atoms with van der Waals surface area (Å²) >= 11 is 0. The van der Waals surface area contributed by atoms with E-state index in [9.17, 15) is 12.8 Å². The molecule has 1 heterocycles. The highest BCUT2D eigenvalue weighted by molar-refractivity contribution is 7.92. The highest BCUT2D eigenvalue weighted by Gasteiger charge is 2.25. The summed E-state index contributed by atoms with van der Waals surface area (Å²) in [6, 6.07) is 15.0. The first-order valence-electron chi connectivity index (χ1n) is 8.65. The Labute approximate surface area is 154 Å². The molecule has 3 rings (SSSR count). The summed E-state index contributed by atoms with van der Waals surface area (Å²) in [5.41, 5.74) is 0.775. The average Bonchev–Trinajstić information content (AvgIpc) is 2.65. The van der Waals surface area contributed by atoms with E-state index >= 15 is 0 Å². The molecular weight excluding hydrogens is 355 g/mol. The van der Waals surface area contributed by atoms with Gasteiger partial charge in [0, 0.05) is 31.7 Å². The van der Waals surface area contributed by atoms with Crippen LogP contribution in [0.15, 0.2) is 54.6 Å². The maximum atomic E-state index is 14.0. The predicted molar refractivity (Wildman–Crippen MR) is 100 cm³/mol. The number of benzene rings is 2. The van der Waals surface area contributed by atoms with Crippen LogP contribution in [-0.4, -0.2) is 52.7 Å². The van der Waals surface area contributed by atoms with Gasteiger partial charge in [-0.1, -0.05) is 36.4 Å². The standard InChI is InChI=1S/C19H23FN2O3S/c20-19-9-5-4-6-17(19)16-26(23,24)22(18-7-2-1-3-8-18)11-10-21-12-14-25-15-13-21/h1-9H,10-16H2. The van der Waals surface area contributed by atoms with Gasteiger partial charge in [-0.25, -0.2) is 12.8 Å². The number of ether oxygens (including phenoxy) is 1. The number of rotatable bonds is 7. The highest BCUT2D eigenvalue weighted by atomic mass is 32.2. The number of morpholine rings is 1. The maximum absolute atomic E-state index is 14.0. The Morgan fingerprint density at radius 2 is 1.65 bits per heavy atom. The molecular formula is C19H23FN2O3S. The molecule has 0 saturated carbocycles. The quantitative estimate of drug-likeness (QED) is 0.743. The molecule has 0 bridgehead atoms. The van der Waals surface area contributed by atoms with Gasteiger partial charge >= 0.3 is 0 Å². The van der Waals surface area contributed by atoms with Crippen LogP contribution in [0.4, 0.5) is 10.1 Å². The number of halogens is 1. The topological polar surface area (TPSA) is 49.9 Å². The number of hydrogen-bond acceptors (Lipinski definition) is 4. The van der Waals surface area contributed by atoms with Gasteiger partial charge in [-0.2, -0.15) is 0 Å². The van der Waals surface area contributed by atoms with Crippen molar-refractivity contribution in [1.29, 1.82) is 0 Å². The number of sulfonamides is 1. The van der Waals surface area contributed by atoms with Gasteiger partial charge in [0.25, 0.3) is 0 Å². The lowest BCUT2D eigenvalue weighted by atomic mass is 10.2. The Bertz CT molecular complexity index is 809. The van der Waals surface area contributed by atoms with E-state index in [4.69, 9.17) is 4.74 Å². The molecule has 0 atom stereocenters. The number of hydrogen-bond donors (Lipinski definition) is 0. The van der Waals surface area contributed by atoms with Gasteiger partial charge in [0.15, 0.2) is 0 Å². The SMILES string of the molecule is O=S(=O)(Cc1ccccc1F)N(CCN1CCOCC1)c1ccccc1. The summed E-state index contributed by atoms with van der Waals surface area (Å²) in [6.45, 7) is 3.82. The van der Waals surface area contributed by atoms with Gasteiger partial charge in [0.05, 0.1) is 24.7 Å². The van der Waals surface area contributed by atoms with Crippen molar-refractivity contribution >= 4 is 15.7 Å². The summed E-state index contributed by atoms with van der Waals surface area (Å²) in [4.78, 5) is 2.18. The minimum atomic E-state index is -3.72. The number of para-hydroxylation sites is 1. The molecule has 26 heavy (non-hydrogen) atoms. The van der Waals surface area contributed by atoms with Gasteiger partial charge < -0.3 is 4.74 Å². The Morgan fingerprint density at radius 1 is 1.00 bits per heavy atom. The highest BCUT2D eigenvalue weighted by Crippen LogP contribution is 2.21. The fourth-order valence-electron chi connectivity index (χ4n) is 2.97. The lowest BCUT2D eigenvalue weighted by Gasteiger charge is -2.30. The summed E-state index contributed by atoms with van der Waals surface area (Å²) in [5.74, 6) is -0.866. The van der Waals surface area contributed by atoms with Crippen molar-refractivity contribution in [2.75, 3.05) is 43.7 Å². The lowest BCUT2D eigenvalue weighted by Crippen LogP contribution is -2.43. The smallest absolute Gasteiger partial charge is 0.239 e. The molecule has 0 unspecified atom stereocenters. The zero-order valence-corrected chi connectivity index (χ0v) is 15.4. The van der Waals surface area contributed by atoms with Crippen LogP contribution in [0.25, 0.3) is 0 Å². The van der Waals surface area contributed by atoms with E-state index in [2.05, 4.69) is 4.90 Å². The van der Waals surface area contributed by atoms with E-state index in [1.54, 1.807) is 36.4 Å². The van der Waals surface area contributed by atoms with Crippen molar-refractivity contribution in [2.45, 2.75) is 5.75 Å². The number of anilines is 1. The van der Waals surface area contributed by atoms with E-state index < -0.39 is 15.8 Å². The zero-order chi connectivity index (χ0) is 18.4. The van der Waals surface area contributed by atoms with Crippen LogP contribution in [-0.2, 0) is 20.5 Å². The molecule has 1 saturated heterocycles. The molecule has 140 valence electrons. The molecule has 1 aliphatic rings. The fraction of sp³-hybridized carbons (Fsp3) is 0.368. The molecule has 1 aliphatic heterocycles. The molecule has 0 N–H and O–H groups in total. The minimum absolute atomic E-state index is 0.180. The van der Waals surface area contributed by atoms with Crippen LogP contribution in [0, 0.1) is 5.82 Å². The van der Waals surface area contributed by atoms with E-state index in [1.807, 2.05) is 6.07 Å². The third-order valence-electron chi connectivity index (χ3n) is 4.40. The van der Waals surface area contributed by atoms with E-state index in [0.29, 0.717) is 32.0 Å². The van der Waals surface area contributed by atoms with Crippen molar-refractivity contribution in [3.63, 3.8) is 0 Å². The Hall–Kier alpha value is -1.96. The molecule has 7 heteroatoms. The lowest BCUT2D eigenvalue weighted by molar-refractivity contribution is 0.0395. The molecule has 0 aliphatic carbocycles. The molecule has 2 aromatic carbocycles. The molecule has 5 nitrogen and oxygen atoms in total. The molecule has 1 fully saturated rings. The van der Waals surface area contributed by atoms with Crippen molar-refractivity contribution in [3.8, 4) is 0 Å². The average molecular weight is 378 g/mol. The van der Waals surface area contributed by atoms with Crippen molar-refractivity contribution in [2.24, 2.45) is 0 Å². The second kappa shape index (κ2) is 8.62. The van der Waals surface area contributed by atoms with Crippen LogP contribution in [0.5, 0.6) is 0 Å². The minimum Gasteiger partial charge on any atom is -0.379 e. The Balaban J connectivity index is 1.80. The third-order valence-corrected chi connectivity index (χ3v) is 6.14. The van der Waals surface area contributed by atoms with E-state index in [-0.39, 0.29) is 11.3 Å². The molecule has 0 spiro atoms. The summed E-state index contributed by atoms with van der Waals surface area (Å²) < 4.78 is 46.8.